The van der Waals surface area contributed by atoms with Crippen LogP contribution in [0.5, 0.6) is 0 Å². The molecule has 0 aromatic carbocycles. The molecule has 0 saturated carbocycles. The highest BCUT2D eigenvalue weighted by molar-refractivity contribution is 5.29. The van der Waals surface area contributed by atoms with Crippen LogP contribution in [0, 0.1) is 5.92 Å². The molecule has 2 nitrogen and oxygen atoms in total. The van der Waals surface area contributed by atoms with Gasteiger partial charge in [-0.05, 0) is 18.8 Å². The number of hydrogen-bond donors (Lipinski definition) is 2. The molecular weight excluding hydrogens is 148 g/mol. The second-order valence-corrected chi connectivity index (χ2v) is 3.58. The molecule has 0 aromatic heterocycles. The van der Waals surface area contributed by atoms with Crippen molar-refractivity contribution in [1.29, 1.82) is 0 Å². The summed E-state index contributed by atoms with van der Waals surface area (Å²) in [5.74, 6) is 0.610. The maximum absolute atomic E-state index is 5.82. The van der Waals surface area contributed by atoms with Gasteiger partial charge in [-0.25, -0.2) is 0 Å². The van der Waals surface area contributed by atoms with E-state index in [-0.39, 0.29) is 6.04 Å². The Balaban J connectivity index is 2.68. The Morgan fingerprint density at radius 2 is 2.42 bits per heavy atom. The second kappa shape index (κ2) is 3.87. The van der Waals surface area contributed by atoms with Crippen molar-refractivity contribution in [3.63, 3.8) is 0 Å². The van der Waals surface area contributed by atoms with Gasteiger partial charge in [0.25, 0.3) is 0 Å². The molecule has 0 fully saturated rings. The van der Waals surface area contributed by atoms with Crippen molar-refractivity contribution in [2.75, 3.05) is 6.54 Å². The van der Waals surface area contributed by atoms with Crippen LogP contribution in [0.3, 0.4) is 0 Å². The minimum Gasteiger partial charge on any atom is -0.329 e. The zero-order valence-electron chi connectivity index (χ0n) is 7.72. The molecule has 2 heteroatoms. The first-order chi connectivity index (χ1) is 5.65. The molecule has 2 atom stereocenters. The Labute approximate surface area is 74.3 Å². The fourth-order valence-corrected chi connectivity index (χ4v) is 1.46. The van der Waals surface area contributed by atoms with E-state index in [1.165, 1.54) is 17.6 Å². The summed E-state index contributed by atoms with van der Waals surface area (Å²) in [7, 11) is 0. The summed E-state index contributed by atoms with van der Waals surface area (Å²) in [6.07, 6.45) is 4.36. The maximum Gasteiger partial charge on any atom is 0.0381 e. The van der Waals surface area contributed by atoms with Crippen LogP contribution in [0.25, 0.3) is 0 Å². The van der Waals surface area contributed by atoms with Crippen molar-refractivity contribution in [3.8, 4) is 0 Å². The number of rotatable bonds is 2. The molecule has 0 saturated heterocycles. The molecule has 0 aromatic rings. The third-order valence-electron chi connectivity index (χ3n) is 2.60. The van der Waals surface area contributed by atoms with Gasteiger partial charge in [0.15, 0.2) is 0 Å². The van der Waals surface area contributed by atoms with Crippen LogP contribution in [-0.4, -0.2) is 12.6 Å². The Morgan fingerprint density at radius 3 is 2.92 bits per heavy atom. The summed E-state index contributed by atoms with van der Waals surface area (Å²) in [6, 6.07) is 0.0363. The third-order valence-corrected chi connectivity index (χ3v) is 2.60. The van der Waals surface area contributed by atoms with Gasteiger partial charge < -0.3 is 11.5 Å². The lowest BCUT2D eigenvalue weighted by molar-refractivity contribution is 0.574. The SMILES string of the molecule is C=C1C=C(C(N)CN)CCC1C. The van der Waals surface area contributed by atoms with Crippen LogP contribution in [0.4, 0.5) is 0 Å². The molecule has 2 unspecified atom stereocenters. The summed E-state index contributed by atoms with van der Waals surface area (Å²) in [5, 5.41) is 0. The van der Waals surface area contributed by atoms with E-state index < -0.39 is 0 Å². The van der Waals surface area contributed by atoms with Crippen molar-refractivity contribution in [1.82, 2.24) is 0 Å². The van der Waals surface area contributed by atoms with Crippen molar-refractivity contribution >= 4 is 0 Å². The second-order valence-electron chi connectivity index (χ2n) is 3.58. The predicted molar refractivity (Wildman–Crippen MR) is 52.7 cm³/mol. The number of hydrogen-bond acceptors (Lipinski definition) is 2. The lowest BCUT2D eigenvalue weighted by atomic mass is 9.85. The van der Waals surface area contributed by atoms with Gasteiger partial charge in [0.1, 0.15) is 0 Å². The van der Waals surface area contributed by atoms with Crippen molar-refractivity contribution in [3.05, 3.63) is 23.8 Å². The van der Waals surface area contributed by atoms with E-state index in [0.29, 0.717) is 12.5 Å². The zero-order valence-corrected chi connectivity index (χ0v) is 7.72. The third kappa shape index (κ3) is 1.96. The van der Waals surface area contributed by atoms with Gasteiger partial charge in [0, 0.05) is 12.6 Å². The van der Waals surface area contributed by atoms with Crippen molar-refractivity contribution in [2.24, 2.45) is 17.4 Å². The standard InChI is InChI=1S/C10H18N2/c1-7-3-4-9(5-8(7)2)10(12)6-11/h5,7,10H,2-4,6,11-12H2,1H3. The van der Waals surface area contributed by atoms with Crippen molar-refractivity contribution in [2.45, 2.75) is 25.8 Å². The van der Waals surface area contributed by atoms with Crippen LogP contribution in [0.1, 0.15) is 19.8 Å². The Kier molecular flexibility index (Phi) is 3.06. The maximum atomic E-state index is 5.82. The first-order valence-electron chi connectivity index (χ1n) is 4.50. The first kappa shape index (κ1) is 9.49. The van der Waals surface area contributed by atoms with Gasteiger partial charge in [-0.2, -0.15) is 0 Å². The molecule has 0 spiro atoms. The van der Waals surface area contributed by atoms with Crippen LogP contribution < -0.4 is 11.5 Å². The average molecular weight is 166 g/mol. The molecular formula is C10H18N2. The van der Waals surface area contributed by atoms with Gasteiger partial charge in [0.05, 0.1) is 0 Å². The summed E-state index contributed by atoms with van der Waals surface area (Å²) in [6.45, 7) is 6.72. The molecule has 0 bridgehead atoms. The largest absolute Gasteiger partial charge is 0.329 e. The molecule has 4 N–H and O–H groups in total. The van der Waals surface area contributed by atoms with Crippen LogP contribution in [0.15, 0.2) is 23.8 Å². The molecule has 12 heavy (non-hydrogen) atoms. The van der Waals surface area contributed by atoms with Gasteiger partial charge in [-0.1, -0.05) is 30.7 Å². The fourth-order valence-electron chi connectivity index (χ4n) is 1.46. The molecule has 1 aliphatic carbocycles. The lowest BCUT2D eigenvalue weighted by Gasteiger charge is -2.23. The van der Waals surface area contributed by atoms with Gasteiger partial charge in [-0.3, -0.25) is 0 Å². The minimum atomic E-state index is 0.0363. The summed E-state index contributed by atoms with van der Waals surface area (Å²) in [5.41, 5.74) is 13.8. The molecule has 68 valence electrons. The fraction of sp³-hybridized carbons (Fsp3) is 0.600. The number of nitrogens with two attached hydrogens (primary N) is 2. The Morgan fingerprint density at radius 1 is 1.75 bits per heavy atom. The van der Waals surface area contributed by atoms with Crippen LogP contribution in [0.2, 0.25) is 0 Å². The normalized spacial score (nSPS) is 26.8. The van der Waals surface area contributed by atoms with Gasteiger partial charge in [-0.15, -0.1) is 0 Å². The average Bonchev–Trinajstić information content (AvgIpc) is 2.08. The first-order valence-corrected chi connectivity index (χ1v) is 4.50. The monoisotopic (exact) mass is 166 g/mol. The molecule has 0 heterocycles. The molecule has 0 amide bonds. The van der Waals surface area contributed by atoms with E-state index in [0.717, 1.165) is 6.42 Å². The van der Waals surface area contributed by atoms with Gasteiger partial charge in [0.2, 0.25) is 0 Å². The van der Waals surface area contributed by atoms with Crippen molar-refractivity contribution < 1.29 is 0 Å². The van der Waals surface area contributed by atoms with E-state index in [4.69, 9.17) is 11.5 Å². The zero-order chi connectivity index (χ0) is 9.14. The smallest absolute Gasteiger partial charge is 0.0381 e. The van der Waals surface area contributed by atoms with Crippen LogP contribution in [-0.2, 0) is 0 Å². The quantitative estimate of drug-likeness (QED) is 0.647. The summed E-state index contributed by atoms with van der Waals surface area (Å²) >= 11 is 0. The van der Waals surface area contributed by atoms with E-state index in [1.807, 2.05) is 0 Å². The lowest BCUT2D eigenvalue weighted by Crippen LogP contribution is -2.32. The van der Waals surface area contributed by atoms with Gasteiger partial charge >= 0.3 is 0 Å². The van der Waals surface area contributed by atoms with E-state index in [2.05, 4.69) is 19.6 Å². The highest BCUT2D eigenvalue weighted by Gasteiger charge is 2.16. The Bertz CT molecular complexity index is 206. The van der Waals surface area contributed by atoms with E-state index in [9.17, 15) is 0 Å². The van der Waals surface area contributed by atoms with E-state index in [1.54, 1.807) is 0 Å². The van der Waals surface area contributed by atoms with E-state index >= 15 is 0 Å². The topological polar surface area (TPSA) is 52.0 Å². The van der Waals surface area contributed by atoms with Crippen LogP contribution >= 0.6 is 0 Å². The predicted octanol–water partition coefficient (Wildman–Crippen LogP) is 1.18. The number of allylic oxidation sites excluding steroid dienone is 2. The molecule has 0 radical (unpaired) electrons. The molecule has 1 rings (SSSR count). The minimum absolute atomic E-state index is 0.0363. The summed E-state index contributed by atoms with van der Waals surface area (Å²) in [4.78, 5) is 0. The Hall–Kier alpha value is -0.600. The summed E-state index contributed by atoms with van der Waals surface area (Å²) < 4.78 is 0. The highest BCUT2D eigenvalue weighted by atomic mass is 14.7. The molecule has 1 aliphatic rings. The highest BCUT2D eigenvalue weighted by Crippen LogP contribution is 2.27. The molecule has 0 aliphatic heterocycles.